The standard InChI is InChI=1S/C31H36F2N2O10/c1-14(31(41)34-23-26(38)28(40)30-29(27(23)39)42-13-43-30)9-16-7-8-21(20(33)10-16)45-22-11-18(24(36)25(22)37)15(2)35-44-12-17-5-3-4-6-19(17)32/h3-10,22-30,35-40H,11-13H2,1-2H3,(H,34,41)/t22-,23-,24-,25-,26+,27-,28-,29+,30-/m1/s1. The van der Waals surface area contributed by atoms with Crippen molar-refractivity contribution in [3.05, 3.63) is 82.1 Å². The molecule has 12 nitrogen and oxygen atoms in total. The molecule has 7 N–H and O–H groups in total. The number of halogens is 2. The van der Waals surface area contributed by atoms with Gasteiger partial charge in [-0.1, -0.05) is 24.3 Å². The first-order chi connectivity index (χ1) is 21.5. The number of amides is 1. The predicted molar refractivity (Wildman–Crippen MR) is 153 cm³/mol. The van der Waals surface area contributed by atoms with Crippen LogP contribution in [0.1, 0.15) is 31.4 Å². The lowest BCUT2D eigenvalue weighted by Gasteiger charge is -2.41. The Morgan fingerprint density at radius 1 is 0.956 bits per heavy atom. The van der Waals surface area contributed by atoms with Crippen LogP contribution in [0.25, 0.3) is 6.08 Å². The molecular weight excluding hydrogens is 598 g/mol. The van der Waals surface area contributed by atoms with Crippen LogP contribution in [-0.4, -0.2) is 93.1 Å². The number of fused-ring (bicyclic) bond motifs is 1. The zero-order chi connectivity index (χ0) is 32.4. The largest absolute Gasteiger partial charge is 0.484 e. The molecule has 0 aromatic heterocycles. The molecule has 3 aliphatic rings. The molecule has 2 aromatic rings. The second-order valence-corrected chi connectivity index (χ2v) is 11.3. The van der Waals surface area contributed by atoms with Crippen molar-refractivity contribution in [2.75, 3.05) is 6.79 Å². The molecule has 0 unspecified atom stereocenters. The molecule has 9 atom stereocenters. The third-order valence-corrected chi connectivity index (χ3v) is 8.25. The molecule has 2 aliphatic carbocycles. The molecule has 1 saturated heterocycles. The van der Waals surface area contributed by atoms with E-state index in [9.17, 15) is 34.7 Å². The molecule has 0 spiro atoms. The molecule has 1 heterocycles. The molecule has 244 valence electrons. The Balaban J connectivity index is 1.19. The van der Waals surface area contributed by atoms with E-state index < -0.39 is 72.4 Å². The molecule has 2 saturated carbocycles. The van der Waals surface area contributed by atoms with E-state index in [1.54, 1.807) is 25.1 Å². The Morgan fingerprint density at radius 2 is 1.67 bits per heavy atom. The number of benzene rings is 2. The van der Waals surface area contributed by atoms with Gasteiger partial charge in [0.1, 0.15) is 68.0 Å². The van der Waals surface area contributed by atoms with E-state index in [4.69, 9.17) is 19.0 Å². The van der Waals surface area contributed by atoms with Crippen LogP contribution in [0.3, 0.4) is 0 Å². The second-order valence-electron chi connectivity index (χ2n) is 11.3. The smallest absolute Gasteiger partial charge is 0.247 e. The summed E-state index contributed by atoms with van der Waals surface area (Å²) in [6, 6.07) is 8.78. The summed E-state index contributed by atoms with van der Waals surface area (Å²) in [4.78, 5) is 18.2. The van der Waals surface area contributed by atoms with E-state index in [-0.39, 0.29) is 31.1 Å². The number of hydroxylamine groups is 1. The molecular formula is C31H36F2N2O10. The van der Waals surface area contributed by atoms with E-state index >= 15 is 4.39 Å². The normalized spacial score (nSPS) is 32.6. The molecule has 0 radical (unpaired) electrons. The van der Waals surface area contributed by atoms with Gasteiger partial charge in [0.2, 0.25) is 5.91 Å². The van der Waals surface area contributed by atoms with Gasteiger partial charge in [-0.25, -0.2) is 8.78 Å². The fourth-order valence-corrected chi connectivity index (χ4v) is 5.66. The quantitative estimate of drug-likeness (QED) is 0.151. The van der Waals surface area contributed by atoms with Crippen molar-refractivity contribution < 1.29 is 58.2 Å². The van der Waals surface area contributed by atoms with Gasteiger partial charge in [0.05, 0.1) is 6.04 Å². The molecule has 45 heavy (non-hydrogen) atoms. The van der Waals surface area contributed by atoms with Crippen LogP contribution >= 0.6 is 0 Å². The summed E-state index contributed by atoms with van der Waals surface area (Å²) in [5.41, 5.74) is 4.16. The minimum Gasteiger partial charge on any atom is -0.484 e. The summed E-state index contributed by atoms with van der Waals surface area (Å²) < 4.78 is 45.0. The van der Waals surface area contributed by atoms with E-state index in [1.807, 2.05) is 0 Å². The van der Waals surface area contributed by atoms with Crippen molar-refractivity contribution in [2.24, 2.45) is 0 Å². The lowest BCUT2D eigenvalue weighted by Crippen LogP contribution is -2.67. The van der Waals surface area contributed by atoms with Crippen molar-refractivity contribution >= 4 is 12.0 Å². The minimum atomic E-state index is -1.51. The Bertz CT molecular complexity index is 1460. The Kier molecular flexibility index (Phi) is 10.2. The monoisotopic (exact) mass is 634 g/mol. The molecule has 3 fully saturated rings. The van der Waals surface area contributed by atoms with E-state index in [2.05, 4.69) is 10.8 Å². The van der Waals surface area contributed by atoms with Crippen molar-refractivity contribution in [1.29, 1.82) is 0 Å². The summed E-state index contributed by atoms with van der Waals surface area (Å²) in [5, 5.41) is 54.9. The summed E-state index contributed by atoms with van der Waals surface area (Å²) in [5.74, 6) is -2.08. The number of hydrogen-bond donors (Lipinski definition) is 7. The maximum Gasteiger partial charge on any atom is 0.247 e. The number of rotatable bonds is 9. The number of carbonyl (C=O) groups is 1. The van der Waals surface area contributed by atoms with Gasteiger partial charge in [0.15, 0.2) is 11.6 Å². The number of nitrogens with one attached hydrogen (secondary N) is 2. The molecule has 14 heteroatoms. The van der Waals surface area contributed by atoms with Crippen molar-refractivity contribution in [1.82, 2.24) is 10.8 Å². The highest BCUT2D eigenvalue weighted by atomic mass is 19.1. The van der Waals surface area contributed by atoms with Crippen LogP contribution in [0.4, 0.5) is 8.78 Å². The predicted octanol–water partition coefficient (Wildman–Crippen LogP) is 0.559. The topological polar surface area (TPSA) is 179 Å². The lowest BCUT2D eigenvalue weighted by atomic mass is 9.83. The van der Waals surface area contributed by atoms with Crippen LogP contribution in [0, 0.1) is 11.6 Å². The van der Waals surface area contributed by atoms with Crippen LogP contribution in [-0.2, 0) is 25.7 Å². The van der Waals surface area contributed by atoms with Gasteiger partial charge >= 0.3 is 0 Å². The first-order valence-electron chi connectivity index (χ1n) is 14.4. The average molecular weight is 635 g/mol. The Labute approximate surface area is 257 Å². The van der Waals surface area contributed by atoms with Crippen molar-refractivity contribution in [3.63, 3.8) is 0 Å². The fraction of sp³-hybridized carbons (Fsp3) is 0.452. The third kappa shape index (κ3) is 7.03. The highest BCUT2D eigenvalue weighted by Gasteiger charge is 2.53. The molecule has 5 rings (SSSR count). The SMILES string of the molecule is CC(=Cc1ccc(O[C@@H]2CC(=C(C)NOCc3ccccc3F)[C@@H](O)[C@@H]2O)c(F)c1)C(=O)N[C@@H]1[C@H](O)[C@@H](O)[C@H]2OCO[C@H]2[C@@H]1O. The van der Waals surface area contributed by atoms with Gasteiger partial charge in [0, 0.05) is 23.3 Å². The number of aliphatic hydroxyl groups is 5. The van der Waals surface area contributed by atoms with Crippen molar-refractivity contribution in [2.45, 2.75) is 81.7 Å². The van der Waals surface area contributed by atoms with E-state index in [0.717, 1.165) is 6.07 Å². The van der Waals surface area contributed by atoms with Crippen LogP contribution in [0.15, 0.2) is 59.3 Å². The van der Waals surface area contributed by atoms with Gasteiger partial charge in [0.25, 0.3) is 0 Å². The maximum absolute atomic E-state index is 15.0. The first-order valence-corrected chi connectivity index (χ1v) is 14.4. The van der Waals surface area contributed by atoms with Crippen molar-refractivity contribution in [3.8, 4) is 5.75 Å². The molecule has 1 aliphatic heterocycles. The molecule has 0 bridgehead atoms. The number of hydrogen-bond acceptors (Lipinski definition) is 11. The maximum atomic E-state index is 15.0. The first kappa shape index (κ1) is 32.9. The summed E-state index contributed by atoms with van der Waals surface area (Å²) in [6.07, 6.45) is -8.33. The summed E-state index contributed by atoms with van der Waals surface area (Å²) in [7, 11) is 0. The van der Waals surface area contributed by atoms with Gasteiger partial charge < -0.3 is 45.1 Å². The Morgan fingerprint density at radius 3 is 2.38 bits per heavy atom. The zero-order valence-corrected chi connectivity index (χ0v) is 24.5. The van der Waals surface area contributed by atoms with Crippen LogP contribution in [0.2, 0.25) is 0 Å². The molecule has 2 aromatic carbocycles. The average Bonchev–Trinajstić information content (AvgIpc) is 3.62. The third-order valence-electron chi connectivity index (χ3n) is 8.25. The van der Waals surface area contributed by atoms with Gasteiger partial charge in [-0.2, -0.15) is 0 Å². The number of ether oxygens (including phenoxy) is 3. The van der Waals surface area contributed by atoms with E-state index in [0.29, 0.717) is 22.4 Å². The summed E-state index contributed by atoms with van der Waals surface area (Å²) >= 11 is 0. The number of aliphatic hydroxyl groups excluding tert-OH is 5. The van der Waals surface area contributed by atoms with Crippen LogP contribution in [0.5, 0.6) is 5.75 Å². The van der Waals surface area contributed by atoms with Gasteiger partial charge in [-0.05, 0) is 49.3 Å². The zero-order valence-electron chi connectivity index (χ0n) is 24.5. The minimum absolute atomic E-state index is 0.0525. The highest BCUT2D eigenvalue weighted by molar-refractivity contribution is 5.97. The van der Waals surface area contributed by atoms with Gasteiger partial charge in [-0.3, -0.25) is 15.1 Å². The lowest BCUT2D eigenvalue weighted by molar-refractivity contribution is -0.155. The van der Waals surface area contributed by atoms with E-state index in [1.165, 1.54) is 31.2 Å². The number of carbonyl (C=O) groups excluding carboxylic acids is 1. The highest BCUT2D eigenvalue weighted by Crippen LogP contribution is 2.33. The molecule has 1 amide bonds. The number of allylic oxidation sites excluding steroid dienone is 1. The van der Waals surface area contributed by atoms with Crippen LogP contribution < -0.4 is 15.5 Å². The second kappa shape index (κ2) is 13.9. The fourth-order valence-electron chi connectivity index (χ4n) is 5.66. The summed E-state index contributed by atoms with van der Waals surface area (Å²) in [6.45, 7) is 2.82. The Hall–Kier alpha value is -3.47. The van der Waals surface area contributed by atoms with Gasteiger partial charge in [-0.15, -0.1) is 0 Å².